The number of carbonyl (C=O) groups excluding carboxylic acids is 1. The maximum atomic E-state index is 12.3. The van der Waals surface area contributed by atoms with Crippen molar-refractivity contribution < 1.29 is 4.79 Å². The van der Waals surface area contributed by atoms with Crippen LogP contribution in [0.3, 0.4) is 0 Å². The molecule has 21 heavy (non-hydrogen) atoms. The molecular formula is C15H19BrN4O. The first kappa shape index (κ1) is 15.6. The molecule has 0 aliphatic carbocycles. The Labute approximate surface area is 132 Å². The van der Waals surface area contributed by atoms with Crippen molar-refractivity contribution in [2.45, 2.75) is 33.2 Å². The van der Waals surface area contributed by atoms with E-state index in [4.69, 9.17) is 5.73 Å². The average molecular weight is 351 g/mol. The molecule has 0 bridgehead atoms. The number of aromatic nitrogens is 2. The number of anilines is 2. The molecule has 0 aliphatic heterocycles. The minimum atomic E-state index is -0.227. The summed E-state index contributed by atoms with van der Waals surface area (Å²) in [6.45, 7) is 7.97. The highest BCUT2D eigenvalue weighted by Crippen LogP contribution is 2.28. The van der Waals surface area contributed by atoms with E-state index in [-0.39, 0.29) is 11.4 Å². The van der Waals surface area contributed by atoms with Crippen molar-refractivity contribution in [1.29, 1.82) is 0 Å². The summed E-state index contributed by atoms with van der Waals surface area (Å²) in [6, 6.07) is 3.69. The maximum absolute atomic E-state index is 12.3. The zero-order valence-corrected chi connectivity index (χ0v) is 14.2. The molecule has 2 rings (SSSR count). The predicted molar refractivity (Wildman–Crippen MR) is 88.5 cm³/mol. The van der Waals surface area contributed by atoms with Gasteiger partial charge in [0.2, 0.25) is 0 Å². The lowest BCUT2D eigenvalue weighted by molar-refractivity contribution is 0.102. The minimum absolute atomic E-state index is 0.163. The van der Waals surface area contributed by atoms with E-state index in [0.717, 1.165) is 10.0 Å². The zero-order valence-electron chi connectivity index (χ0n) is 12.6. The fourth-order valence-corrected chi connectivity index (χ4v) is 2.43. The van der Waals surface area contributed by atoms with Gasteiger partial charge in [0.1, 0.15) is 0 Å². The van der Waals surface area contributed by atoms with Crippen molar-refractivity contribution in [2.24, 2.45) is 0 Å². The summed E-state index contributed by atoms with van der Waals surface area (Å²) in [5, 5.41) is 7.05. The highest BCUT2D eigenvalue weighted by molar-refractivity contribution is 9.10. The molecule has 112 valence electrons. The van der Waals surface area contributed by atoms with E-state index >= 15 is 0 Å². The number of hydrogen-bond acceptors (Lipinski definition) is 3. The average Bonchev–Trinajstić information content (AvgIpc) is 2.84. The number of amides is 1. The predicted octanol–water partition coefficient (Wildman–Crippen LogP) is 3.54. The topological polar surface area (TPSA) is 72.9 Å². The number of nitrogens with one attached hydrogen (secondary N) is 1. The molecule has 0 aliphatic rings. The normalized spacial score (nSPS) is 11.5. The molecule has 6 heteroatoms. The van der Waals surface area contributed by atoms with Gasteiger partial charge in [-0.1, -0.05) is 15.9 Å². The first-order valence-electron chi connectivity index (χ1n) is 6.60. The first-order chi connectivity index (χ1) is 9.68. The van der Waals surface area contributed by atoms with E-state index in [1.165, 1.54) is 0 Å². The van der Waals surface area contributed by atoms with Gasteiger partial charge < -0.3 is 11.1 Å². The van der Waals surface area contributed by atoms with Crippen LogP contribution >= 0.6 is 15.9 Å². The molecule has 5 nitrogen and oxygen atoms in total. The lowest BCUT2D eigenvalue weighted by Crippen LogP contribution is -2.22. The molecule has 0 unspecified atom stereocenters. The largest absolute Gasteiger partial charge is 0.397 e. The minimum Gasteiger partial charge on any atom is -0.397 e. The third-order valence-electron chi connectivity index (χ3n) is 3.13. The summed E-state index contributed by atoms with van der Waals surface area (Å²) in [4.78, 5) is 12.3. The van der Waals surface area contributed by atoms with Gasteiger partial charge in [0.05, 0.1) is 28.7 Å². The van der Waals surface area contributed by atoms with E-state index in [2.05, 4.69) is 26.3 Å². The molecule has 1 amide bonds. The van der Waals surface area contributed by atoms with Gasteiger partial charge in [-0.25, -0.2) is 0 Å². The fourth-order valence-electron chi connectivity index (χ4n) is 1.86. The van der Waals surface area contributed by atoms with Gasteiger partial charge in [-0.3, -0.25) is 9.48 Å². The Bertz CT molecular complexity index is 685. The third-order valence-corrected chi connectivity index (χ3v) is 3.59. The number of aryl methyl sites for hydroxylation is 1. The standard InChI is InChI=1S/C15H19BrN4O/c1-9-5-11(16)6-12(13(9)17)19-14(21)10-7-18-20(8-10)15(2,3)4/h5-8H,17H2,1-4H3,(H,19,21). The Morgan fingerprint density at radius 1 is 1.38 bits per heavy atom. The summed E-state index contributed by atoms with van der Waals surface area (Å²) in [5.74, 6) is -0.227. The van der Waals surface area contributed by atoms with Gasteiger partial charge in [0, 0.05) is 10.7 Å². The van der Waals surface area contributed by atoms with Gasteiger partial charge in [0.15, 0.2) is 0 Å². The number of hydrogen-bond donors (Lipinski definition) is 2. The molecule has 0 saturated heterocycles. The molecule has 0 spiro atoms. The van der Waals surface area contributed by atoms with Crippen LogP contribution in [0.2, 0.25) is 0 Å². The van der Waals surface area contributed by atoms with E-state index in [1.54, 1.807) is 23.1 Å². The van der Waals surface area contributed by atoms with Crippen LogP contribution in [-0.2, 0) is 5.54 Å². The summed E-state index contributed by atoms with van der Waals surface area (Å²) in [5.41, 5.74) is 8.40. The lowest BCUT2D eigenvalue weighted by atomic mass is 10.1. The second-order valence-electron chi connectivity index (χ2n) is 5.98. The van der Waals surface area contributed by atoms with Gasteiger partial charge in [-0.15, -0.1) is 0 Å². The van der Waals surface area contributed by atoms with Gasteiger partial charge >= 0.3 is 0 Å². The Hall–Kier alpha value is -1.82. The molecule has 1 aromatic carbocycles. The number of rotatable bonds is 2. The molecule has 1 heterocycles. The van der Waals surface area contributed by atoms with Crippen LogP contribution in [0.5, 0.6) is 0 Å². The number of nitrogens with zero attached hydrogens (tertiary/aromatic N) is 2. The summed E-state index contributed by atoms with van der Waals surface area (Å²) < 4.78 is 2.63. The number of benzene rings is 1. The highest BCUT2D eigenvalue weighted by atomic mass is 79.9. The van der Waals surface area contributed by atoms with Crippen molar-refractivity contribution in [3.8, 4) is 0 Å². The molecule has 0 radical (unpaired) electrons. The van der Waals surface area contributed by atoms with Crippen molar-refractivity contribution >= 4 is 33.2 Å². The quantitative estimate of drug-likeness (QED) is 0.813. The van der Waals surface area contributed by atoms with E-state index in [1.807, 2.05) is 33.8 Å². The number of nitrogens with two attached hydrogens (primary N) is 1. The second-order valence-corrected chi connectivity index (χ2v) is 6.90. The second kappa shape index (κ2) is 5.52. The van der Waals surface area contributed by atoms with E-state index < -0.39 is 0 Å². The van der Waals surface area contributed by atoms with Gasteiger partial charge in [0.25, 0.3) is 5.91 Å². The number of nitrogen functional groups attached to an aromatic ring is 1. The van der Waals surface area contributed by atoms with Crippen LogP contribution in [0.4, 0.5) is 11.4 Å². The molecule has 0 saturated carbocycles. The lowest BCUT2D eigenvalue weighted by Gasteiger charge is -2.18. The molecule has 0 atom stereocenters. The van der Waals surface area contributed by atoms with Crippen molar-refractivity contribution in [3.05, 3.63) is 40.1 Å². The van der Waals surface area contributed by atoms with Crippen molar-refractivity contribution in [3.63, 3.8) is 0 Å². The van der Waals surface area contributed by atoms with E-state index in [9.17, 15) is 4.79 Å². The van der Waals surface area contributed by atoms with Crippen LogP contribution in [0.25, 0.3) is 0 Å². The molecule has 2 aromatic rings. The smallest absolute Gasteiger partial charge is 0.258 e. The number of carbonyl (C=O) groups is 1. The molecular weight excluding hydrogens is 332 g/mol. The number of halogens is 1. The summed E-state index contributed by atoms with van der Waals surface area (Å²) in [7, 11) is 0. The fraction of sp³-hybridized carbons (Fsp3) is 0.333. The third kappa shape index (κ3) is 3.44. The SMILES string of the molecule is Cc1cc(Br)cc(NC(=O)c2cnn(C(C)(C)C)c2)c1N. The van der Waals surface area contributed by atoms with E-state index in [0.29, 0.717) is 16.9 Å². The molecule has 1 aromatic heterocycles. The Kier molecular flexibility index (Phi) is 4.09. The monoisotopic (exact) mass is 350 g/mol. The zero-order chi connectivity index (χ0) is 15.8. The molecule has 0 fully saturated rings. The Balaban J connectivity index is 2.25. The summed E-state index contributed by atoms with van der Waals surface area (Å²) in [6.07, 6.45) is 3.29. The first-order valence-corrected chi connectivity index (χ1v) is 7.40. The van der Waals surface area contributed by atoms with Gasteiger partial charge in [-0.05, 0) is 45.4 Å². The summed E-state index contributed by atoms with van der Waals surface area (Å²) >= 11 is 3.40. The van der Waals surface area contributed by atoms with Crippen LogP contribution in [-0.4, -0.2) is 15.7 Å². The van der Waals surface area contributed by atoms with Crippen LogP contribution < -0.4 is 11.1 Å². The van der Waals surface area contributed by atoms with Gasteiger partial charge in [-0.2, -0.15) is 5.10 Å². The van der Waals surface area contributed by atoms with Crippen molar-refractivity contribution in [2.75, 3.05) is 11.1 Å². The van der Waals surface area contributed by atoms with Crippen LogP contribution in [0, 0.1) is 6.92 Å². The maximum Gasteiger partial charge on any atom is 0.258 e. The Morgan fingerprint density at radius 2 is 2.05 bits per heavy atom. The van der Waals surface area contributed by atoms with Crippen LogP contribution in [0.15, 0.2) is 29.0 Å². The van der Waals surface area contributed by atoms with Crippen LogP contribution in [0.1, 0.15) is 36.7 Å². The highest BCUT2D eigenvalue weighted by Gasteiger charge is 2.17. The molecule has 3 N–H and O–H groups in total. The Morgan fingerprint density at radius 3 is 2.62 bits per heavy atom. The van der Waals surface area contributed by atoms with Crippen molar-refractivity contribution in [1.82, 2.24) is 9.78 Å².